The third-order valence-corrected chi connectivity index (χ3v) is 5.00. The van der Waals surface area contributed by atoms with Crippen LogP contribution in [-0.4, -0.2) is 23.1 Å². The molecule has 1 aliphatic rings. The second kappa shape index (κ2) is 7.71. The van der Waals surface area contributed by atoms with Crippen LogP contribution in [0.1, 0.15) is 5.56 Å². The number of aliphatic imine (C=N–C) groups is 1. The highest BCUT2D eigenvalue weighted by Gasteiger charge is 2.24. The van der Waals surface area contributed by atoms with Crippen LogP contribution in [0, 0.1) is 10.1 Å². The number of ether oxygens (including phenoxy) is 1. The lowest BCUT2D eigenvalue weighted by molar-refractivity contribution is -0.385. The quantitative estimate of drug-likeness (QED) is 0.441. The first-order valence-electron chi connectivity index (χ1n) is 7.34. The number of amides is 1. The maximum absolute atomic E-state index is 12.2. The van der Waals surface area contributed by atoms with Gasteiger partial charge in [0.1, 0.15) is 11.4 Å². The van der Waals surface area contributed by atoms with Gasteiger partial charge in [0.05, 0.1) is 21.4 Å². The topological polar surface area (TPSA) is 93.8 Å². The zero-order valence-electron chi connectivity index (χ0n) is 13.4. The largest absolute Gasteiger partial charge is 0.494 e. The molecule has 0 aliphatic carbocycles. The minimum Gasteiger partial charge on any atom is -0.494 e. The van der Waals surface area contributed by atoms with Gasteiger partial charge in [-0.3, -0.25) is 14.9 Å². The number of carbonyl (C=O) groups excluding carboxylic acids is 1. The molecule has 1 amide bonds. The average molecular weight is 434 g/mol. The molecular weight excluding hydrogens is 422 g/mol. The molecule has 0 atom stereocenters. The summed E-state index contributed by atoms with van der Waals surface area (Å²) in [4.78, 5) is 27.5. The molecule has 26 heavy (non-hydrogen) atoms. The van der Waals surface area contributed by atoms with E-state index in [0.717, 1.165) is 11.8 Å². The molecule has 1 fully saturated rings. The van der Waals surface area contributed by atoms with Crippen LogP contribution in [0.5, 0.6) is 5.75 Å². The Morgan fingerprint density at radius 3 is 2.81 bits per heavy atom. The van der Waals surface area contributed by atoms with E-state index in [9.17, 15) is 14.9 Å². The summed E-state index contributed by atoms with van der Waals surface area (Å²) in [5.74, 6) is 0.282. The molecule has 7 nitrogen and oxygen atoms in total. The van der Waals surface area contributed by atoms with Crippen molar-refractivity contribution in [3.05, 3.63) is 67.5 Å². The van der Waals surface area contributed by atoms with Crippen LogP contribution in [-0.2, 0) is 4.79 Å². The van der Waals surface area contributed by atoms with Gasteiger partial charge in [0.15, 0.2) is 5.17 Å². The highest BCUT2D eigenvalue weighted by atomic mass is 79.9. The zero-order chi connectivity index (χ0) is 18.7. The first kappa shape index (κ1) is 18.2. The Morgan fingerprint density at radius 1 is 1.31 bits per heavy atom. The van der Waals surface area contributed by atoms with Crippen molar-refractivity contribution in [1.29, 1.82) is 0 Å². The molecule has 0 unspecified atom stereocenters. The van der Waals surface area contributed by atoms with E-state index in [2.05, 4.69) is 26.2 Å². The Morgan fingerprint density at radius 2 is 2.08 bits per heavy atom. The SMILES string of the molecule is COc1ccccc1N=C1NC(=O)/C(=C/c2ccc(Br)c([N+](=O)[O-])c2)S1. The monoisotopic (exact) mass is 433 g/mol. The molecule has 0 bridgehead atoms. The number of amidine groups is 1. The van der Waals surface area contributed by atoms with Crippen LogP contribution >= 0.6 is 27.7 Å². The summed E-state index contributed by atoms with van der Waals surface area (Å²) < 4.78 is 5.62. The number of nitro groups is 1. The van der Waals surface area contributed by atoms with Crippen molar-refractivity contribution >= 4 is 56.2 Å². The van der Waals surface area contributed by atoms with E-state index < -0.39 is 4.92 Å². The Bertz CT molecular complexity index is 959. The van der Waals surface area contributed by atoms with Gasteiger partial charge in [-0.2, -0.15) is 0 Å². The highest BCUT2D eigenvalue weighted by molar-refractivity contribution is 9.10. The molecule has 2 aromatic rings. The molecular formula is C17H12BrN3O4S. The minimum absolute atomic E-state index is 0.0642. The van der Waals surface area contributed by atoms with Gasteiger partial charge in [-0.05, 0) is 57.5 Å². The highest BCUT2D eigenvalue weighted by Crippen LogP contribution is 2.33. The molecule has 0 spiro atoms. The molecule has 2 aromatic carbocycles. The smallest absolute Gasteiger partial charge is 0.284 e. The second-order valence-corrected chi connectivity index (χ2v) is 7.01. The van der Waals surface area contributed by atoms with E-state index in [4.69, 9.17) is 4.74 Å². The van der Waals surface area contributed by atoms with Crippen molar-refractivity contribution < 1.29 is 14.5 Å². The molecule has 1 N–H and O–H groups in total. The van der Waals surface area contributed by atoms with Gasteiger partial charge >= 0.3 is 0 Å². The van der Waals surface area contributed by atoms with Gasteiger partial charge < -0.3 is 10.1 Å². The van der Waals surface area contributed by atoms with Crippen LogP contribution in [0.4, 0.5) is 11.4 Å². The summed E-state index contributed by atoms with van der Waals surface area (Å²) in [6, 6.07) is 11.9. The van der Waals surface area contributed by atoms with Crippen molar-refractivity contribution in [2.24, 2.45) is 4.99 Å². The number of carbonyl (C=O) groups is 1. The standard InChI is InChI=1S/C17H12BrN3O4S/c1-25-14-5-3-2-4-12(14)19-17-20-16(22)15(26-17)9-10-6-7-11(18)13(8-10)21(23)24/h2-9H,1H3,(H,19,20,22)/b15-9-. The van der Waals surface area contributed by atoms with Crippen molar-refractivity contribution in [1.82, 2.24) is 5.32 Å². The van der Waals surface area contributed by atoms with Crippen LogP contribution in [0.25, 0.3) is 6.08 Å². The number of hydrogen-bond donors (Lipinski definition) is 1. The van der Waals surface area contributed by atoms with Crippen LogP contribution in [0.15, 0.2) is 56.8 Å². The van der Waals surface area contributed by atoms with Gasteiger partial charge in [-0.25, -0.2) is 4.99 Å². The fraction of sp³-hybridized carbons (Fsp3) is 0.0588. The third-order valence-electron chi connectivity index (χ3n) is 3.42. The molecule has 0 saturated carbocycles. The molecule has 132 valence electrons. The summed E-state index contributed by atoms with van der Waals surface area (Å²) in [5.41, 5.74) is 1.08. The summed E-state index contributed by atoms with van der Waals surface area (Å²) in [7, 11) is 1.55. The molecule has 3 rings (SSSR count). The average Bonchev–Trinajstić information content (AvgIpc) is 2.96. The van der Waals surface area contributed by atoms with E-state index in [1.165, 1.54) is 6.07 Å². The number of thioether (sulfide) groups is 1. The van der Waals surface area contributed by atoms with Crippen LogP contribution < -0.4 is 10.1 Å². The number of nitrogens with one attached hydrogen (secondary N) is 1. The molecule has 0 aromatic heterocycles. The van der Waals surface area contributed by atoms with Gasteiger partial charge in [0, 0.05) is 6.07 Å². The molecule has 1 saturated heterocycles. The van der Waals surface area contributed by atoms with Crippen molar-refractivity contribution in [3.63, 3.8) is 0 Å². The molecule has 1 heterocycles. The number of para-hydroxylation sites is 2. The first-order chi connectivity index (χ1) is 12.5. The fourth-order valence-corrected chi connectivity index (χ4v) is 3.45. The van der Waals surface area contributed by atoms with Crippen molar-refractivity contribution in [2.75, 3.05) is 7.11 Å². The number of halogens is 1. The van der Waals surface area contributed by atoms with Crippen molar-refractivity contribution in [2.45, 2.75) is 0 Å². The Labute approximate surface area is 161 Å². The fourth-order valence-electron chi connectivity index (χ4n) is 2.22. The number of methoxy groups -OCH3 is 1. The summed E-state index contributed by atoms with van der Waals surface area (Å²) in [5, 5.41) is 14.1. The lowest BCUT2D eigenvalue weighted by atomic mass is 10.2. The summed E-state index contributed by atoms with van der Waals surface area (Å²) in [6.45, 7) is 0. The predicted octanol–water partition coefficient (Wildman–Crippen LogP) is 4.26. The maximum atomic E-state index is 12.2. The lowest BCUT2D eigenvalue weighted by Gasteiger charge is -2.03. The second-order valence-electron chi connectivity index (χ2n) is 5.12. The Hall–Kier alpha value is -2.65. The van der Waals surface area contributed by atoms with Gasteiger partial charge in [0.2, 0.25) is 0 Å². The number of benzene rings is 2. The Balaban J connectivity index is 1.88. The lowest BCUT2D eigenvalue weighted by Crippen LogP contribution is -2.19. The number of nitro benzene ring substituents is 1. The number of rotatable bonds is 4. The van der Waals surface area contributed by atoms with Crippen LogP contribution in [0.3, 0.4) is 0 Å². The predicted molar refractivity (Wildman–Crippen MR) is 105 cm³/mol. The van der Waals surface area contributed by atoms with E-state index in [1.54, 1.807) is 37.5 Å². The number of hydrogen-bond acceptors (Lipinski definition) is 6. The Kier molecular flexibility index (Phi) is 5.38. The third kappa shape index (κ3) is 3.94. The number of nitrogens with zero attached hydrogens (tertiary/aromatic N) is 2. The van der Waals surface area contributed by atoms with E-state index >= 15 is 0 Å². The van der Waals surface area contributed by atoms with Crippen molar-refractivity contribution in [3.8, 4) is 5.75 Å². The molecule has 0 radical (unpaired) electrons. The molecule has 1 aliphatic heterocycles. The van der Waals surface area contributed by atoms with E-state index in [-0.39, 0.29) is 11.6 Å². The zero-order valence-corrected chi connectivity index (χ0v) is 15.8. The van der Waals surface area contributed by atoms with E-state index in [1.807, 2.05) is 12.1 Å². The normalized spacial score (nSPS) is 16.8. The van der Waals surface area contributed by atoms with Gasteiger partial charge in [-0.15, -0.1) is 0 Å². The first-order valence-corrected chi connectivity index (χ1v) is 8.95. The summed E-state index contributed by atoms with van der Waals surface area (Å²) >= 11 is 4.30. The molecule has 9 heteroatoms. The van der Waals surface area contributed by atoms with Gasteiger partial charge in [0.25, 0.3) is 11.6 Å². The summed E-state index contributed by atoms with van der Waals surface area (Å²) in [6.07, 6.45) is 1.59. The van der Waals surface area contributed by atoms with Gasteiger partial charge in [-0.1, -0.05) is 18.2 Å². The minimum atomic E-state index is -0.484. The van der Waals surface area contributed by atoms with Crippen LogP contribution in [0.2, 0.25) is 0 Å². The maximum Gasteiger partial charge on any atom is 0.284 e. The van der Waals surface area contributed by atoms with E-state index in [0.29, 0.717) is 31.5 Å².